The zero-order chi connectivity index (χ0) is 14.0. The van der Waals surface area contributed by atoms with E-state index in [1.165, 1.54) is 6.07 Å². The quantitative estimate of drug-likeness (QED) is 0.668. The second-order valence-corrected chi connectivity index (χ2v) is 4.85. The maximum absolute atomic E-state index is 13.9. The molecule has 4 nitrogen and oxygen atoms in total. The predicted molar refractivity (Wildman–Crippen MR) is 73.1 cm³/mol. The van der Waals surface area contributed by atoms with E-state index in [4.69, 9.17) is 17.4 Å². The molecule has 1 aromatic heterocycles. The molecular weight excluding hydrogens is 267 g/mol. The summed E-state index contributed by atoms with van der Waals surface area (Å²) in [5.41, 5.74) is 5.17. The molecule has 0 bridgehead atoms. The first-order valence-electron chi connectivity index (χ1n) is 5.92. The first-order valence-corrected chi connectivity index (χ1v) is 6.30. The lowest BCUT2D eigenvalue weighted by Crippen LogP contribution is -2.30. The van der Waals surface area contributed by atoms with E-state index in [2.05, 4.69) is 10.5 Å². The van der Waals surface area contributed by atoms with E-state index in [-0.39, 0.29) is 11.1 Å². The molecule has 102 valence electrons. The molecular formula is C13H16ClFN4. The second-order valence-electron chi connectivity index (χ2n) is 4.45. The molecule has 0 aliphatic carbocycles. The third-order valence-electron chi connectivity index (χ3n) is 3.31. The Hall–Kier alpha value is -1.43. The maximum atomic E-state index is 13.9. The first-order chi connectivity index (χ1) is 9.04. The Labute approximate surface area is 116 Å². The normalized spacial score (nSPS) is 12.7. The van der Waals surface area contributed by atoms with Gasteiger partial charge in [0.1, 0.15) is 5.82 Å². The highest BCUT2D eigenvalue weighted by Gasteiger charge is 2.18. The van der Waals surface area contributed by atoms with Gasteiger partial charge in [0.05, 0.1) is 17.3 Å². The third kappa shape index (κ3) is 2.78. The standard InChI is InChI=1S/C13H16ClFN4/c1-8-10(7-17-19(8)2)12(18-16)6-9-4-3-5-11(14)13(9)15/h3-5,7,12,18H,6,16H2,1-2H3. The van der Waals surface area contributed by atoms with Gasteiger partial charge in [-0.05, 0) is 25.0 Å². The topological polar surface area (TPSA) is 55.9 Å². The first kappa shape index (κ1) is 14.0. The summed E-state index contributed by atoms with van der Waals surface area (Å²) in [6.45, 7) is 1.95. The highest BCUT2D eigenvalue weighted by Crippen LogP contribution is 2.24. The zero-order valence-corrected chi connectivity index (χ0v) is 11.6. The molecule has 0 radical (unpaired) electrons. The summed E-state index contributed by atoms with van der Waals surface area (Å²) in [4.78, 5) is 0. The molecule has 0 aliphatic rings. The summed E-state index contributed by atoms with van der Waals surface area (Å²) in [5.74, 6) is 5.18. The second kappa shape index (κ2) is 5.69. The highest BCUT2D eigenvalue weighted by molar-refractivity contribution is 6.30. The molecule has 6 heteroatoms. The molecule has 0 fully saturated rings. The van der Waals surface area contributed by atoms with E-state index < -0.39 is 5.82 Å². The van der Waals surface area contributed by atoms with E-state index in [9.17, 15) is 4.39 Å². The molecule has 1 unspecified atom stereocenters. The van der Waals surface area contributed by atoms with Gasteiger partial charge in [-0.1, -0.05) is 23.7 Å². The van der Waals surface area contributed by atoms with E-state index >= 15 is 0 Å². The third-order valence-corrected chi connectivity index (χ3v) is 3.60. The number of nitrogens with one attached hydrogen (secondary N) is 1. The SMILES string of the molecule is Cc1c(C(Cc2cccc(Cl)c2F)NN)cnn1C. The van der Waals surface area contributed by atoms with Crippen LogP contribution in [0.15, 0.2) is 24.4 Å². The lowest BCUT2D eigenvalue weighted by Gasteiger charge is -2.16. The molecule has 0 spiro atoms. The summed E-state index contributed by atoms with van der Waals surface area (Å²) in [6.07, 6.45) is 2.15. The van der Waals surface area contributed by atoms with Crippen LogP contribution in [-0.4, -0.2) is 9.78 Å². The van der Waals surface area contributed by atoms with Crippen molar-refractivity contribution in [2.75, 3.05) is 0 Å². The number of aromatic nitrogens is 2. The molecule has 0 saturated heterocycles. The van der Waals surface area contributed by atoms with Crippen LogP contribution in [0.2, 0.25) is 5.02 Å². The van der Waals surface area contributed by atoms with Crippen molar-refractivity contribution in [1.29, 1.82) is 0 Å². The number of benzene rings is 1. The van der Waals surface area contributed by atoms with E-state index in [0.29, 0.717) is 12.0 Å². The van der Waals surface area contributed by atoms with Gasteiger partial charge in [-0.15, -0.1) is 0 Å². The Morgan fingerprint density at radius 1 is 1.53 bits per heavy atom. The molecule has 0 saturated carbocycles. The fourth-order valence-corrected chi connectivity index (χ4v) is 2.24. The van der Waals surface area contributed by atoms with E-state index in [0.717, 1.165) is 11.3 Å². The number of nitrogens with two attached hydrogens (primary N) is 1. The summed E-state index contributed by atoms with van der Waals surface area (Å²) < 4.78 is 15.7. The molecule has 0 aliphatic heterocycles. The molecule has 2 rings (SSSR count). The Morgan fingerprint density at radius 2 is 2.26 bits per heavy atom. The fourth-order valence-electron chi connectivity index (χ4n) is 2.04. The van der Waals surface area contributed by atoms with Crippen LogP contribution < -0.4 is 11.3 Å². The minimum Gasteiger partial charge on any atom is -0.273 e. The smallest absolute Gasteiger partial charge is 0.145 e. The predicted octanol–water partition coefficient (Wildman–Crippen LogP) is 2.27. The van der Waals surface area contributed by atoms with Gasteiger partial charge >= 0.3 is 0 Å². The van der Waals surface area contributed by atoms with Crippen LogP contribution in [0.5, 0.6) is 0 Å². The number of hydrogen-bond donors (Lipinski definition) is 2. The fraction of sp³-hybridized carbons (Fsp3) is 0.308. The van der Waals surface area contributed by atoms with Gasteiger partial charge in [0, 0.05) is 18.3 Å². The van der Waals surface area contributed by atoms with Crippen LogP contribution in [0.4, 0.5) is 4.39 Å². The van der Waals surface area contributed by atoms with Crippen molar-refractivity contribution in [2.45, 2.75) is 19.4 Å². The molecule has 0 amide bonds. The summed E-state index contributed by atoms with van der Waals surface area (Å²) in [5, 5.41) is 4.29. The lowest BCUT2D eigenvalue weighted by molar-refractivity contribution is 0.526. The summed E-state index contributed by atoms with van der Waals surface area (Å²) >= 11 is 5.78. The molecule has 2 aromatic rings. The highest BCUT2D eigenvalue weighted by atomic mass is 35.5. The molecule has 1 atom stereocenters. The molecule has 19 heavy (non-hydrogen) atoms. The van der Waals surface area contributed by atoms with Crippen LogP contribution in [0, 0.1) is 12.7 Å². The van der Waals surface area contributed by atoms with Gasteiger partial charge in [0.15, 0.2) is 0 Å². The van der Waals surface area contributed by atoms with Crippen molar-refractivity contribution < 1.29 is 4.39 Å². The molecule has 1 aromatic carbocycles. The Morgan fingerprint density at radius 3 is 2.84 bits per heavy atom. The Kier molecular flexibility index (Phi) is 4.19. The van der Waals surface area contributed by atoms with Crippen LogP contribution in [-0.2, 0) is 13.5 Å². The van der Waals surface area contributed by atoms with Crippen molar-refractivity contribution in [3.63, 3.8) is 0 Å². The van der Waals surface area contributed by atoms with Crippen molar-refractivity contribution in [3.05, 3.63) is 52.1 Å². The number of nitrogens with zero attached hydrogens (tertiary/aromatic N) is 2. The van der Waals surface area contributed by atoms with Gasteiger partial charge in [0.25, 0.3) is 0 Å². The van der Waals surface area contributed by atoms with E-state index in [1.807, 2.05) is 14.0 Å². The Bertz CT molecular complexity index is 582. The van der Waals surface area contributed by atoms with Crippen LogP contribution in [0.25, 0.3) is 0 Å². The minimum absolute atomic E-state index is 0.121. The summed E-state index contributed by atoms with van der Waals surface area (Å²) in [6, 6.07) is 4.75. The number of hydrogen-bond acceptors (Lipinski definition) is 3. The minimum atomic E-state index is -0.397. The largest absolute Gasteiger partial charge is 0.273 e. The zero-order valence-electron chi connectivity index (χ0n) is 10.8. The van der Waals surface area contributed by atoms with Crippen molar-refractivity contribution in [3.8, 4) is 0 Å². The van der Waals surface area contributed by atoms with Gasteiger partial charge in [0.2, 0.25) is 0 Å². The maximum Gasteiger partial charge on any atom is 0.145 e. The van der Waals surface area contributed by atoms with Crippen molar-refractivity contribution >= 4 is 11.6 Å². The number of rotatable bonds is 4. The van der Waals surface area contributed by atoms with Gasteiger partial charge in [-0.3, -0.25) is 16.0 Å². The molecule has 3 N–H and O–H groups in total. The molecule has 1 heterocycles. The van der Waals surface area contributed by atoms with Crippen LogP contribution in [0.3, 0.4) is 0 Å². The number of hydrazine groups is 1. The van der Waals surface area contributed by atoms with Crippen LogP contribution in [0.1, 0.15) is 22.9 Å². The van der Waals surface area contributed by atoms with Crippen molar-refractivity contribution in [1.82, 2.24) is 15.2 Å². The number of halogens is 2. The lowest BCUT2D eigenvalue weighted by atomic mass is 9.99. The van der Waals surface area contributed by atoms with E-state index in [1.54, 1.807) is 23.0 Å². The Balaban J connectivity index is 2.29. The monoisotopic (exact) mass is 282 g/mol. The van der Waals surface area contributed by atoms with Crippen LogP contribution >= 0.6 is 11.6 Å². The average Bonchev–Trinajstić information content (AvgIpc) is 2.72. The van der Waals surface area contributed by atoms with Crippen molar-refractivity contribution in [2.24, 2.45) is 12.9 Å². The average molecular weight is 283 g/mol. The van der Waals surface area contributed by atoms with Gasteiger partial charge < -0.3 is 0 Å². The van der Waals surface area contributed by atoms with Gasteiger partial charge in [-0.25, -0.2) is 4.39 Å². The number of aryl methyl sites for hydroxylation is 1. The van der Waals surface area contributed by atoms with Gasteiger partial charge in [-0.2, -0.15) is 5.10 Å². The summed E-state index contributed by atoms with van der Waals surface area (Å²) in [7, 11) is 1.85.